The highest BCUT2D eigenvalue weighted by atomic mass is 35.5. The topological polar surface area (TPSA) is 69.1 Å². The van der Waals surface area contributed by atoms with Crippen molar-refractivity contribution in [3.63, 3.8) is 0 Å². The molecular formula is C21H20ClN5O2S. The maximum atomic E-state index is 12.2. The summed E-state index contributed by atoms with van der Waals surface area (Å²) in [5, 5.41) is 10.3. The predicted molar refractivity (Wildman–Crippen MR) is 119 cm³/mol. The number of nitrogens with zero attached hydrogens (tertiary/aromatic N) is 5. The molecule has 1 aliphatic heterocycles. The molecule has 0 N–H and O–H groups in total. The van der Waals surface area contributed by atoms with E-state index in [1.54, 1.807) is 22.4 Å². The first-order chi connectivity index (χ1) is 14.7. The van der Waals surface area contributed by atoms with Gasteiger partial charge in [0, 0.05) is 25.4 Å². The Morgan fingerprint density at radius 3 is 2.63 bits per heavy atom. The van der Waals surface area contributed by atoms with Crippen molar-refractivity contribution in [1.82, 2.24) is 19.3 Å². The van der Waals surface area contributed by atoms with E-state index in [4.69, 9.17) is 16.0 Å². The molecule has 30 heavy (non-hydrogen) atoms. The van der Waals surface area contributed by atoms with Gasteiger partial charge >= 0.3 is 5.76 Å². The van der Waals surface area contributed by atoms with Crippen molar-refractivity contribution in [2.45, 2.75) is 24.5 Å². The lowest BCUT2D eigenvalue weighted by molar-refractivity contribution is 0.514. The van der Waals surface area contributed by atoms with Crippen LogP contribution in [-0.4, -0.2) is 38.2 Å². The van der Waals surface area contributed by atoms with Crippen molar-refractivity contribution in [1.29, 1.82) is 0 Å². The summed E-state index contributed by atoms with van der Waals surface area (Å²) in [5.41, 5.74) is 2.26. The van der Waals surface area contributed by atoms with Gasteiger partial charge in [0.1, 0.15) is 0 Å². The summed E-state index contributed by atoms with van der Waals surface area (Å²) in [5.74, 6) is 1.11. The largest absolute Gasteiger partial charge is 0.419 e. The molecule has 7 nitrogen and oxygen atoms in total. The van der Waals surface area contributed by atoms with Crippen LogP contribution in [-0.2, 0) is 6.54 Å². The highest BCUT2D eigenvalue weighted by molar-refractivity contribution is 7.99. The van der Waals surface area contributed by atoms with Gasteiger partial charge in [-0.25, -0.2) is 4.79 Å². The fourth-order valence-electron chi connectivity index (χ4n) is 3.78. The van der Waals surface area contributed by atoms with E-state index in [2.05, 4.69) is 15.1 Å². The molecule has 0 aliphatic carbocycles. The molecule has 1 fully saturated rings. The quantitative estimate of drug-likeness (QED) is 0.417. The first-order valence-corrected chi connectivity index (χ1v) is 11.2. The van der Waals surface area contributed by atoms with Crippen molar-refractivity contribution >= 4 is 40.4 Å². The van der Waals surface area contributed by atoms with Crippen molar-refractivity contribution < 1.29 is 4.42 Å². The summed E-state index contributed by atoms with van der Waals surface area (Å²) in [6.07, 6.45) is 2.29. The molecule has 0 bridgehead atoms. The van der Waals surface area contributed by atoms with Crippen LogP contribution in [0, 0.1) is 0 Å². The fourth-order valence-corrected chi connectivity index (χ4v) is 4.86. The highest BCUT2D eigenvalue weighted by Crippen LogP contribution is 2.32. The lowest BCUT2D eigenvalue weighted by atomic mass is 10.3. The average Bonchev–Trinajstić information content (AvgIpc) is 3.48. The summed E-state index contributed by atoms with van der Waals surface area (Å²) >= 11 is 8.05. The zero-order valence-corrected chi connectivity index (χ0v) is 17.8. The minimum absolute atomic E-state index is 0.345. The van der Waals surface area contributed by atoms with Gasteiger partial charge in [-0.1, -0.05) is 47.6 Å². The molecule has 1 aliphatic rings. The zero-order chi connectivity index (χ0) is 20.5. The molecular weight excluding hydrogens is 422 g/mol. The highest BCUT2D eigenvalue weighted by Gasteiger charge is 2.23. The van der Waals surface area contributed by atoms with Gasteiger partial charge in [-0.3, -0.25) is 9.13 Å². The predicted octanol–water partition coefficient (Wildman–Crippen LogP) is 4.22. The molecule has 2 aromatic carbocycles. The van der Waals surface area contributed by atoms with E-state index in [9.17, 15) is 4.79 Å². The van der Waals surface area contributed by atoms with E-state index in [0.29, 0.717) is 22.9 Å². The van der Waals surface area contributed by atoms with Gasteiger partial charge in [-0.15, -0.1) is 10.2 Å². The molecule has 4 aromatic rings. The number of hydrogen-bond donors (Lipinski definition) is 0. The Balaban J connectivity index is 1.44. The Labute approximate surface area is 182 Å². The van der Waals surface area contributed by atoms with Gasteiger partial charge in [-0.2, -0.15) is 0 Å². The second-order valence-electron chi connectivity index (χ2n) is 7.10. The number of thioether (sulfide) groups is 1. The third kappa shape index (κ3) is 3.50. The number of rotatable bonds is 6. The SMILES string of the molecule is O=c1oc2ccccc2n1CCSc1nnc(N2CCCC2)n1-c1ccccc1Cl. The third-order valence-corrected chi connectivity index (χ3v) is 6.45. The second-order valence-corrected chi connectivity index (χ2v) is 8.57. The van der Waals surface area contributed by atoms with Crippen molar-refractivity contribution in [2.75, 3.05) is 23.7 Å². The standard InChI is InChI=1S/C21H20ClN5O2S/c22-15-7-1-2-8-16(15)27-19(25-11-5-6-12-25)23-24-20(27)30-14-13-26-17-9-3-4-10-18(17)29-21(26)28/h1-4,7-10H,5-6,11-14H2. The van der Waals surface area contributed by atoms with Gasteiger partial charge < -0.3 is 9.32 Å². The molecule has 5 rings (SSSR count). The number of aryl methyl sites for hydroxylation is 1. The van der Waals surface area contributed by atoms with Crippen LogP contribution in [0.15, 0.2) is 62.9 Å². The number of hydrogen-bond acceptors (Lipinski definition) is 6. The molecule has 154 valence electrons. The van der Waals surface area contributed by atoms with Gasteiger partial charge in [0.25, 0.3) is 0 Å². The van der Waals surface area contributed by atoms with E-state index < -0.39 is 0 Å². The summed E-state index contributed by atoms with van der Waals surface area (Å²) in [4.78, 5) is 14.5. The van der Waals surface area contributed by atoms with E-state index in [0.717, 1.165) is 48.2 Å². The molecule has 0 unspecified atom stereocenters. The summed E-state index contributed by atoms with van der Waals surface area (Å²) < 4.78 is 9.00. The van der Waals surface area contributed by atoms with Crippen molar-refractivity contribution in [2.24, 2.45) is 0 Å². The molecule has 1 saturated heterocycles. The average molecular weight is 442 g/mol. The molecule has 0 saturated carbocycles. The van der Waals surface area contributed by atoms with E-state index in [-0.39, 0.29) is 5.76 Å². The molecule has 2 aromatic heterocycles. The van der Waals surface area contributed by atoms with E-state index >= 15 is 0 Å². The number of anilines is 1. The number of halogens is 1. The van der Waals surface area contributed by atoms with Crippen LogP contribution >= 0.6 is 23.4 Å². The van der Waals surface area contributed by atoms with E-state index in [1.807, 2.05) is 47.0 Å². The maximum absolute atomic E-state index is 12.2. The number of fused-ring (bicyclic) bond motifs is 1. The molecule has 0 amide bonds. The van der Waals surface area contributed by atoms with Gasteiger partial charge in [0.2, 0.25) is 5.95 Å². The van der Waals surface area contributed by atoms with Crippen LogP contribution < -0.4 is 10.7 Å². The van der Waals surface area contributed by atoms with E-state index in [1.165, 1.54) is 0 Å². The lowest BCUT2D eigenvalue weighted by Gasteiger charge is -2.19. The Morgan fingerprint density at radius 2 is 1.80 bits per heavy atom. The molecule has 0 atom stereocenters. The van der Waals surface area contributed by atoms with Crippen LogP contribution in [0.1, 0.15) is 12.8 Å². The number of benzene rings is 2. The number of para-hydroxylation sites is 3. The van der Waals surface area contributed by atoms with Crippen LogP contribution in [0.3, 0.4) is 0 Å². The first kappa shape index (κ1) is 19.3. The summed E-state index contributed by atoms with van der Waals surface area (Å²) in [6, 6.07) is 15.2. The second kappa shape index (κ2) is 8.20. The molecule has 9 heteroatoms. The minimum Gasteiger partial charge on any atom is -0.408 e. The summed E-state index contributed by atoms with van der Waals surface area (Å²) in [6.45, 7) is 2.43. The van der Waals surface area contributed by atoms with Crippen LogP contribution in [0.25, 0.3) is 16.8 Å². The number of oxazole rings is 1. The van der Waals surface area contributed by atoms with Crippen LogP contribution in [0.4, 0.5) is 5.95 Å². The Morgan fingerprint density at radius 1 is 1.03 bits per heavy atom. The Kier molecular flexibility index (Phi) is 5.26. The molecule has 0 spiro atoms. The Hall–Kier alpha value is -2.71. The first-order valence-electron chi connectivity index (χ1n) is 9.89. The van der Waals surface area contributed by atoms with Crippen LogP contribution in [0.5, 0.6) is 0 Å². The minimum atomic E-state index is -0.345. The van der Waals surface area contributed by atoms with Crippen molar-refractivity contribution in [3.8, 4) is 5.69 Å². The zero-order valence-electron chi connectivity index (χ0n) is 16.2. The third-order valence-electron chi connectivity index (χ3n) is 5.22. The van der Waals surface area contributed by atoms with Crippen LogP contribution in [0.2, 0.25) is 5.02 Å². The molecule has 0 radical (unpaired) electrons. The Bertz CT molecular complexity index is 1240. The normalized spacial score (nSPS) is 14.1. The smallest absolute Gasteiger partial charge is 0.408 e. The maximum Gasteiger partial charge on any atom is 0.419 e. The van der Waals surface area contributed by atoms with Gasteiger partial charge in [0.05, 0.1) is 16.2 Å². The summed E-state index contributed by atoms with van der Waals surface area (Å²) in [7, 11) is 0. The monoisotopic (exact) mass is 441 g/mol. The number of aromatic nitrogens is 4. The fraction of sp³-hybridized carbons (Fsp3) is 0.286. The van der Waals surface area contributed by atoms with Gasteiger partial charge in [0.15, 0.2) is 10.7 Å². The van der Waals surface area contributed by atoms with Crippen molar-refractivity contribution in [3.05, 3.63) is 64.1 Å². The lowest BCUT2D eigenvalue weighted by Crippen LogP contribution is -2.22. The molecule has 3 heterocycles. The van der Waals surface area contributed by atoms with Gasteiger partial charge in [-0.05, 0) is 37.1 Å².